The molecule has 0 aliphatic heterocycles. The zero-order chi connectivity index (χ0) is 11.4. The first kappa shape index (κ1) is 12.5. The Kier molecular flexibility index (Phi) is 4.16. The molecule has 1 saturated carbocycles. The van der Waals surface area contributed by atoms with Gasteiger partial charge in [-0.05, 0) is 26.2 Å². The van der Waals surface area contributed by atoms with E-state index in [2.05, 4.69) is 6.07 Å². The normalized spacial score (nSPS) is 25.7. The lowest BCUT2D eigenvalue weighted by Gasteiger charge is -2.41. The van der Waals surface area contributed by atoms with E-state index in [0.717, 1.165) is 25.7 Å². The van der Waals surface area contributed by atoms with Gasteiger partial charge in [0.1, 0.15) is 0 Å². The van der Waals surface area contributed by atoms with Gasteiger partial charge >= 0.3 is 0 Å². The molecule has 0 aromatic rings. The van der Waals surface area contributed by atoms with Crippen molar-refractivity contribution in [2.24, 2.45) is 5.41 Å². The fourth-order valence-electron chi connectivity index (χ4n) is 2.62. The molecule has 15 heavy (non-hydrogen) atoms. The lowest BCUT2D eigenvalue weighted by molar-refractivity contribution is -0.0550. The summed E-state index contributed by atoms with van der Waals surface area (Å²) < 4.78 is 0. The third-order valence-electron chi connectivity index (χ3n) is 4.14. The van der Waals surface area contributed by atoms with E-state index in [-0.39, 0.29) is 0 Å². The topological polar surface area (TPSA) is 44.0 Å². The molecule has 0 aromatic heterocycles. The summed E-state index contributed by atoms with van der Waals surface area (Å²) in [6, 6.07) is 2.43. The number of nitrogens with zero attached hydrogens (tertiary/aromatic N) is 1. The summed E-state index contributed by atoms with van der Waals surface area (Å²) >= 11 is 0. The molecule has 0 aromatic carbocycles. The highest BCUT2D eigenvalue weighted by molar-refractivity contribution is 5.09. The predicted molar refractivity (Wildman–Crippen MR) is 61.3 cm³/mol. The number of nitriles is 1. The van der Waals surface area contributed by atoms with Crippen LogP contribution >= 0.6 is 0 Å². The molecule has 0 heterocycles. The molecule has 2 nitrogen and oxygen atoms in total. The minimum absolute atomic E-state index is 0.498. The van der Waals surface area contributed by atoms with Crippen molar-refractivity contribution < 1.29 is 5.11 Å². The van der Waals surface area contributed by atoms with Crippen LogP contribution in [0.15, 0.2) is 0 Å². The Morgan fingerprint density at radius 2 is 1.67 bits per heavy atom. The minimum atomic E-state index is -0.820. The molecule has 1 N–H and O–H groups in total. The Morgan fingerprint density at radius 1 is 1.20 bits per heavy atom. The van der Waals surface area contributed by atoms with Gasteiger partial charge in [-0.3, -0.25) is 0 Å². The fraction of sp³-hybridized carbons (Fsp3) is 0.923. The van der Waals surface area contributed by atoms with Crippen LogP contribution in [-0.2, 0) is 0 Å². The Bertz CT molecular complexity index is 231. The van der Waals surface area contributed by atoms with Crippen molar-refractivity contribution in [3.05, 3.63) is 0 Å². The van der Waals surface area contributed by atoms with Crippen molar-refractivity contribution in [2.75, 3.05) is 0 Å². The summed E-state index contributed by atoms with van der Waals surface area (Å²) in [6.45, 7) is 3.80. The minimum Gasteiger partial charge on any atom is -0.389 e. The average molecular weight is 209 g/mol. The van der Waals surface area contributed by atoms with Gasteiger partial charge in [-0.2, -0.15) is 5.26 Å². The molecular weight excluding hydrogens is 186 g/mol. The van der Waals surface area contributed by atoms with E-state index in [1.807, 2.05) is 13.8 Å². The van der Waals surface area contributed by atoms with E-state index in [1.54, 1.807) is 0 Å². The van der Waals surface area contributed by atoms with Crippen LogP contribution in [0.2, 0.25) is 0 Å². The van der Waals surface area contributed by atoms with E-state index < -0.39 is 11.0 Å². The summed E-state index contributed by atoms with van der Waals surface area (Å²) in [4.78, 5) is 0. The molecule has 0 bridgehead atoms. The van der Waals surface area contributed by atoms with Crippen LogP contribution in [0.1, 0.15) is 65.2 Å². The summed E-state index contributed by atoms with van der Waals surface area (Å²) in [7, 11) is 0. The van der Waals surface area contributed by atoms with E-state index >= 15 is 0 Å². The van der Waals surface area contributed by atoms with Gasteiger partial charge in [-0.15, -0.1) is 0 Å². The smallest absolute Gasteiger partial charge is 0.0857 e. The molecule has 0 radical (unpaired) electrons. The van der Waals surface area contributed by atoms with Gasteiger partial charge in [-0.1, -0.05) is 39.0 Å². The Labute approximate surface area is 93.3 Å². The van der Waals surface area contributed by atoms with Crippen molar-refractivity contribution in [2.45, 2.75) is 70.8 Å². The van der Waals surface area contributed by atoms with E-state index in [4.69, 9.17) is 0 Å². The van der Waals surface area contributed by atoms with Crippen molar-refractivity contribution in [3.63, 3.8) is 0 Å². The van der Waals surface area contributed by atoms with Gasteiger partial charge in [0.25, 0.3) is 0 Å². The molecular formula is C13H23NO. The van der Waals surface area contributed by atoms with E-state index in [0.29, 0.717) is 6.42 Å². The van der Waals surface area contributed by atoms with Crippen LogP contribution in [-0.4, -0.2) is 10.7 Å². The second-order valence-corrected chi connectivity index (χ2v) is 5.09. The van der Waals surface area contributed by atoms with Crippen molar-refractivity contribution in [1.29, 1.82) is 5.26 Å². The first-order chi connectivity index (χ1) is 7.08. The van der Waals surface area contributed by atoms with Crippen molar-refractivity contribution in [1.82, 2.24) is 0 Å². The molecule has 1 fully saturated rings. The van der Waals surface area contributed by atoms with Crippen LogP contribution in [0.25, 0.3) is 0 Å². The molecule has 0 spiro atoms. The van der Waals surface area contributed by atoms with E-state index in [1.165, 1.54) is 19.3 Å². The molecule has 1 aliphatic rings. The average Bonchev–Trinajstić information content (AvgIpc) is 2.18. The predicted octanol–water partition coefficient (Wildman–Crippen LogP) is 3.40. The third kappa shape index (κ3) is 2.52. The molecule has 1 aliphatic carbocycles. The number of hydrogen-bond donors (Lipinski definition) is 1. The highest BCUT2D eigenvalue weighted by atomic mass is 16.3. The number of rotatable bonds is 2. The molecule has 1 atom stereocenters. The zero-order valence-electron chi connectivity index (χ0n) is 10.1. The highest BCUT2D eigenvalue weighted by Crippen LogP contribution is 2.44. The monoisotopic (exact) mass is 209 g/mol. The van der Waals surface area contributed by atoms with E-state index in [9.17, 15) is 10.4 Å². The van der Waals surface area contributed by atoms with Crippen molar-refractivity contribution in [3.8, 4) is 6.07 Å². The molecule has 86 valence electrons. The highest BCUT2D eigenvalue weighted by Gasteiger charge is 2.45. The second-order valence-electron chi connectivity index (χ2n) is 5.09. The van der Waals surface area contributed by atoms with Gasteiger partial charge in [0, 0.05) is 0 Å². The molecule has 2 heteroatoms. The quantitative estimate of drug-likeness (QED) is 0.757. The third-order valence-corrected chi connectivity index (χ3v) is 4.14. The fourth-order valence-corrected chi connectivity index (χ4v) is 2.62. The maximum atomic E-state index is 10.4. The largest absolute Gasteiger partial charge is 0.389 e. The van der Waals surface area contributed by atoms with Crippen LogP contribution in [0.3, 0.4) is 0 Å². The lowest BCUT2D eigenvalue weighted by Crippen LogP contribution is -2.45. The Balaban J connectivity index is 2.85. The maximum Gasteiger partial charge on any atom is 0.0857 e. The van der Waals surface area contributed by atoms with Gasteiger partial charge in [-0.25, -0.2) is 0 Å². The maximum absolute atomic E-state index is 10.4. The summed E-state index contributed by atoms with van der Waals surface area (Å²) in [5.74, 6) is 0. The second kappa shape index (κ2) is 4.99. The van der Waals surface area contributed by atoms with Gasteiger partial charge in [0.05, 0.1) is 17.1 Å². The first-order valence-electron chi connectivity index (χ1n) is 6.21. The molecule has 1 rings (SSSR count). The Morgan fingerprint density at radius 3 is 2.07 bits per heavy atom. The SMILES string of the molecule is CCC(C)(O)C1(C#N)CCCCCCC1. The lowest BCUT2D eigenvalue weighted by atomic mass is 9.65. The van der Waals surface area contributed by atoms with Crippen LogP contribution in [0.5, 0.6) is 0 Å². The standard InChI is InChI=1S/C13H23NO/c1-3-12(2,15)13(11-14)9-7-5-4-6-8-10-13/h15H,3-10H2,1-2H3. The molecule has 0 saturated heterocycles. The first-order valence-corrected chi connectivity index (χ1v) is 6.21. The summed E-state index contributed by atoms with van der Waals surface area (Å²) in [5.41, 5.74) is -1.32. The van der Waals surface area contributed by atoms with Crippen molar-refractivity contribution >= 4 is 0 Å². The number of hydrogen-bond acceptors (Lipinski definition) is 2. The number of aliphatic hydroxyl groups is 1. The molecule has 1 unspecified atom stereocenters. The van der Waals surface area contributed by atoms with Crippen LogP contribution < -0.4 is 0 Å². The zero-order valence-corrected chi connectivity index (χ0v) is 10.1. The van der Waals surface area contributed by atoms with Gasteiger partial charge in [0.15, 0.2) is 0 Å². The van der Waals surface area contributed by atoms with Gasteiger partial charge in [0.2, 0.25) is 0 Å². The summed E-state index contributed by atoms with van der Waals surface area (Å²) in [5, 5.41) is 19.8. The van der Waals surface area contributed by atoms with Crippen LogP contribution in [0, 0.1) is 16.7 Å². The molecule has 0 amide bonds. The summed E-state index contributed by atoms with van der Waals surface area (Å²) in [6.07, 6.45) is 8.28. The van der Waals surface area contributed by atoms with Gasteiger partial charge < -0.3 is 5.11 Å². The van der Waals surface area contributed by atoms with Crippen LogP contribution in [0.4, 0.5) is 0 Å². The Hall–Kier alpha value is -0.550.